The van der Waals surface area contributed by atoms with E-state index in [-0.39, 0.29) is 22.2 Å². The minimum absolute atomic E-state index is 0.0222. The van der Waals surface area contributed by atoms with Gasteiger partial charge in [-0.15, -0.1) is 0 Å². The fourth-order valence-electron chi connectivity index (χ4n) is 1.87. The van der Waals surface area contributed by atoms with Crippen molar-refractivity contribution < 1.29 is 22.7 Å². The van der Waals surface area contributed by atoms with Crippen molar-refractivity contribution in [3.63, 3.8) is 0 Å². The largest absolute Gasteiger partial charge is 0.445 e. The number of benzene rings is 1. The third-order valence-corrected chi connectivity index (χ3v) is 3.01. The number of halogens is 4. The van der Waals surface area contributed by atoms with Gasteiger partial charge in [0.15, 0.2) is 0 Å². The highest BCUT2D eigenvalue weighted by Gasteiger charge is 2.61. The number of cyclic esters (lactones) is 1. The first-order valence-electron chi connectivity index (χ1n) is 6.05. The number of alkyl halides is 3. The molecule has 0 saturated carbocycles. The van der Waals surface area contributed by atoms with Gasteiger partial charge in [-0.2, -0.15) is 13.2 Å². The van der Waals surface area contributed by atoms with Crippen molar-refractivity contribution in [2.75, 3.05) is 5.32 Å². The summed E-state index contributed by atoms with van der Waals surface area (Å²) in [5.41, 5.74) is -3.36. The lowest BCUT2D eigenvalue weighted by Gasteiger charge is -2.35. The molecule has 1 aromatic carbocycles. The average Bonchev–Trinajstić information content (AvgIpc) is 2.35. The van der Waals surface area contributed by atoms with Crippen molar-refractivity contribution in [2.45, 2.75) is 25.6 Å². The molecule has 0 radical (unpaired) electrons. The number of ether oxygens (including phenoxy) is 1. The van der Waals surface area contributed by atoms with Crippen LogP contribution in [-0.2, 0) is 10.3 Å². The Kier molecular flexibility index (Phi) is 3.81. The van der Waals surface area contributed by atoms with Crippen molar-refractivity contribution >= 4 is 23.4 Å². The molecule has 0 aromatic heterocycles. The highest BCUT2D eigenvalue weighted by atomic mass is 35.5. The van der Waals surface area contributed by atoms with E-state index in [1.54, 1.807) is 13.8 Å². The number of hydrogen-bond donors (Lipinski definition) is 1. The number of hydrogen-bond acceptors (Lipinski definition) is 2. The number of fused-ring (bicyclic) bond motifs is 1. The highest BCUT2D eigenvalue weighted by molar-refractivity contribution is 6.30. The molecule has 1 atom stereocenters. The number of carbonyl (C=O) groups is 1. The number of anilines is 1. The van der Waals surface area contributed by atoms with Gasteiger partial charge >= 0.3 is 12.3 Å². The van der Waals surface area contributed by atoms with Crippen LogP contribution < -0.4 is 5.32 Å². The predicted molar refractivity (Wildman–Crippen MR) is 71.9 cm³/mol. The first kappa shape index (κ1) is 15.5. The molecule has 0 fully saturated rings. The van der Waals surface area contributed by atoms with Gasteiger partial charge in [-0.3, -0.25) is 5.32 Å². The maximum absolute atomic E-state index is 13.6. The molecular weight excluding hydrogens is 307 g/mol. The van der Waals surface area contributed by atoms with E-state index in [1.807, 2.05) is 0 Å². The molecule has 0 saturated heterocycles. The second kappa shape index (κ2) is 5.15. The topological polar surface area (TPSA) is 38.3 Å². The maximum atomic E-state index is 13.6. The van der Waals surface area contributed by atoms with Crippen molar-refractivity contribution in [3.8, 4) is 11.8 Å². The summed E-state index contributed by atoms with van der Waals surface area (Å²) in [6, 6.07) is 3.76. The molecule has 1 aliphatic heterocycles. The Morgan fingerprint density at radius 2 is 2.05 bits per heavy atom. The zero-order chi connectivity index (χ0) is 15.8. The van der Waals surface area contributed by atoms with E-state index in [1.165, 1.54) is 12.1 Å². The van der Waals surface area contributed by atoms with Gasteiger partial charge in [-0.1, -0.05) is 31.4 Å². The molecule has 3 nitrogen and oxygen atoms in total. The maximum Gasteiger partial charge on any atom is 0.445 e. The molecule has 1 N–H and O–H groups in total. The SMILES string of the molecule is CC(C)C#C[C@]1(C(F)(F)F)OC(=O)Nc2ccc(Cl)cc21. The Balaban J connectivity index is 2.75. The number of carbonyl (C=O) groups excluding carboxylic acids is 1. The van der Waals surface area contributed by atoms with Crippen LogP contribution in [0.1, 0.15) is 19.4 Å². The normalized spacial score (nSPS) is 21.0. The molecule has 1 heterocycles. The summed E-state index contributed by atoms with van der Waals surface area (Å²) in [6.07, 6.45) is -6.10. The van der Waals surface area contributed by atoms with Crippen LogP contribution in [0.2, 0.25) is 5.02 Å². The summed E-state index contributed by atoms with van der Waals surface area (Å²) in [4.78, 5) is 11.5. The zero-order valence-corrected chi connectivity index (χ0v) is 11.9. The summed E-state index contributed by atoms with van der Waals surface area (Å²) in [6.45, 7) is 3.28. The molecule has 1 aliphatic rings. The van der Waals surface area contributed by atoms with Crippen LogP contribution >= 0.6 is 11.6 Å². The zero-order valence-electron chi connectivity index (χ0n) is 11.1. The first-order valence-corrected chi connectivity index (χ1v) is 6.43. The lowest BCUT2D eigenvalue weighted by Crippen LogP contribution is -2.49. The molecule has 1 aromatic rings. The van der Waals surface area contributed by atoms with Crippen LogP contribution in [0.5, 0.6) is 0 Å². The van der Waals surface area contributed by atoms with E-state index in [4.69, 9.17) is 11.6 Å². The van der Waals surface area contributed by atoms with Crippen LogP contribution in [0, 0.1) is 17.8 Å². The second-order valence-electron chi connectivity index (χ2n) is 4.81. The molecule has 0 spiro atoms. The van der Waals surface area contributed by atoms with E-state index in [9.17, 15) is 18.0 Å². The highest BCUT2D eigenvalue weighted by Crippen LogP contribution is 2.47. The third kappa shape index (κ3) is 2.79. The van der Waals surface area contributed by atoms with Gasteiger partial charge in [0.25, 0.3) is 5.60 Å². The second-order valence-corrected chi connectivity index (χ2v) is 5.24. The summed E-state index contributed by atoms with van der Waals surface area (Å²) in [5.74, 6) is 4.18. The van der Waals surface area contributed by atoms with Gasteiger partial charge in [0, 0.05) is 16.5 Å². The molecule has 21 heavy (non-hydrogen) atoms. The fraction of sp³-hybridized carbons (Fsp3) is 0.357. The van der Waals surface area contributed by atoms with E-state index in [2.05, 4.69) is 21.9 Å². The fourth-order valence-corrected chi connectivity index (χ4v) is 2.04. The smallest absolute Gasteiger partial charge is 0.415 e. The van der Waals surface area contributed by atoms with Crippen LogP contribution in [0.25, 0.3) is 0 Å². The standard InChI is InChI=1S/C14H11ClF3NO2/c1-8(2)5-6-13(14(16,17)18)10-7-9(15)3-4-11(10)19-12(20)21-13/h3-4,7-8H,1-2H3,(H,19,20)/t13-/m0/s1. The Bertz CT molecular complexity index is 646. The predicted octanol–water partition coefficient (Wildman–Crippen LogP) is 4.32. The number of amides is 1. The summed E-state index contributed by atoms with van der Waals surface area (Å²) in [5, 5.41) is 2.31. The average molecular weight is 318 g/mol. The minimum Gasteiger partial charge on any atom is -0.415 e. The van der Waals surface area contributed by atoms with Crippen LogP contribution in [0.4, 0.5) is 23.7 Å². The van der Waals surface area contributed by atoms with Crippen LogP contribution in [-0.4, -0.2) is 12.3 Å². The Labute approximate surface area is 124 Å². The van der Waals surface area contributed by atoms with E-state index < -0.39 is 17.9 Å². The molecule has 112 valence electrons. The van der Waals surface area contributed by atoms with Gasteiger partial charge in [0.05, 0.1) is 5.69 Å². The lowest BCUT2D eigenvalue weighted by atomic mass is 9.90. The summed E-state index contributed by atoms with van der Waals surface area (Å²) >= 11 is 5.77. The van der Waals surface area contributed by atoms with Crippen LogP contribution in [0.15, 0.2) is 18.2 Å². The monoisotopic (exact) mass is 317 g/mol. The van der Waals surface area contributed by atoms with E-state index >= 15 is 0 Å². The quantitative estimate of drug-likeness (QED) is 0.724. The molecular formula is C14H11ClF3NO2. The van der Waals surface area contributed by atoms with E-state index in [0.717, 1.165) is 6.07 Å². The van der Waals surface area contributed by atoms with Gasteiger partial charge in [0.2, 0.25) is 0 Å². The molecule has 0 unspecified atom stereocenters. The molecule has 0 bridgehead atoms. The first-order chi connectivity index (χ1) is 9.65. The van der Waals surface area contributed by atoms with Gasteiger partial charge < -0.3 is 4.74 Å². The Hall–Kier alpha value is -1.87. The minimum atomic E-state index is -4.90. The third-order valence-electron chi connectivity index (χ3n) is 2.78. The Morgan fingerprint density at radius 3 is 2.62 bits per heavy atom. The van der Waals surface area contributed by atoms with Crippen molar-refractivity contribution in [1.29, 1.82) is 0 Å². The van der Waals surface area contributed by atoms with Gasteiger partial charge in [0.1, 0.15) is 0 Å². The van der Waals surface area contributed by atoms with Crippen molar-refractivity contribution in [2.24, 2.45) is 5.92 Å². The molecule has 1 amide bonds. The molecule has 7 heteroatoms. The van der Waals surface area contributed by atoms with Crippen molar-refractivity contribution in [1.82, 2.24) is 0 Å². The lowest BCUT2D eigenvalue weighted by molar-refractivity contribution is -0.239. The summed E-state index contributed by atoms with van der Waals surface area (Å²) in [7, 11) is 0. The van der Waals surface area contributed by atoms with Gasteiger partial charge in [-0.25, -0.2) is 4.79 Å². The van der Waals surface area contributed by atoms with Gasteiger partial charge in [-0.05, 0) is 24.1 Å². The Morgan fingerprint density at radius 1 is 1.38 bits per heavy atom. The molecule has 2 rings (SSSR count). The number of rotatable bonds is 0. The van der Waals surface area contributed by atoms with Crippen LogP contribution in [0.3, 0.4) is 0 Å². The summed E-state index contributed by atoms with van der Waals surface area (Å²) < 4.78 is 45.3. The van der Waals surface area contributed by atoms with E-state index in [0.29, 0.717) is 0 Å². The van der Waals surface area contributed by atoms with Crippen molar-refractivity contribution in [3.05, 3.63) is 28.8 Å². The number of nitrogens with one attached hydrogen (secondary N) is 1. The molecule has 0 aliphatic carbocycles.